The summed E-state index contributed by atoms with van der Waals surface area (Å²) < 4.78 is 0. The summed E-state index contributed by atoms with van der Waals surface area (Å²) in [5.74, 6) is -0.00976. The molecule has 0 bridgehead atoms. The van der Waals surface area contributed by atoms with Crippen LogP contribution in [0.15, 0.2) is 48.7 Å². The third kappa shape index (κ3) is 4.01. The Balaban J connectivity index is 1.92. The summed E-state index contributed by atoms with van der Waals surface area (Å²) in [4.78, 5) is 15.9. The first kappa shape index (κ1) is 15.0. The molecule has 0 saturated heterocycles. The van der Waals surface area contributed by atoms with Crippen molar-refractivity contribution in [2.45, 2.75) is 18.7 Å². The number of carbonyl (C=O) groups is 1. The minimum absolute atomic E-state index is 0.279. The lowest BCUT2D eigenvalue weighted by atomic mass is 10.0. The van der Waals surface area contributed by atoms with Gasteiger partial charge in [0.25, 0.3) is 0 Å². The maximum Gasteiger partial charge on any atom is 0.240 e. The molecule has 110 valence electrons. The van der Waals surface area contributed by atoms with E-state index in [1.807, 2.05) is 6.07 Å². The van der Waals surface area contributed by atoms with Crippen LogP contribution in [0.2, 0.25) is 0 Å². The fraction of sp³-hybridized carbons (Fsp3) is 0.200. The molecule has 6 N–H and O–H groups in total. The van der Waals surface area contributed by atoms with E-state index in [4.69, 9.17) is 11.5 Å². The number of anilines is 1. The van der Waals surface area contributed by atoms with E-state index in [9.17, 15) is 9.90 Å². The predicted molar refractivity (Wildman–Crippen MR) is 79.9 cm³/mol. The Morgan fingerprint density at radius 2 is 1.95 bits per heavy atom. The van der Waals surface area contributed by atoms with Crippen LogP contribution in [-0.2, 0) is 11.3 Å². The quantitative estimate of drug-likeness (QED) is 0.633. The molecule has 2 atom stereocenters. The lowest BCUT2D eigenvalue weighted by Crippen LogP contribution is -2.44. The number of hydrogen-bond donors (Lipinski definition) is 4. The molecule has 0 unspecified atom stereocenters. The number of benzene rings is 1. The third-order valence-corrected chi connectivity index (χ3v) is 3.10. The molecule has 2 aromatic rings. The third-order valence-electron chi connectivity index (χ3n) is 3.10. The van der Waals surface area contributed by atoms with Crippen LogP contribution in [0.3, 0.4) is 0 Å². The summed E-state index contributed by atoms with van der Waals surface area (Å²) in [6.07, 6.45) is 0.533. The molecule has 1 aromatic carbocycles. The number of nitrogens with two attached hydrogens (primary N) is 2. The highest BCUT2D eigenvalue weighted by atomic mass is 16.3. The molecule has 2 rings (SSSR count). The fourth-order valence-corrected chi connectivity index (χ4v) is 1.85. The molecular weight excluding hydrogens is 268 g/mol. The number of carbonyl (C=O) groups excluding carboxylic acids is 1. The number of amides is 1. The summed E-state index contributed by atoms with van der Waals surface area (Å²) in [6, 6.07) is 11.2. The molecule has 0 aliphatic rings. The molecule has 0 radical (unpaired) electrons. The van der Waals surface area contributed by atoms with Crippen molar-refractivity contribution in [1.29, 1.82) is 0 Å². The molecular formula is C15H18N4O2. The SMILES string of the molecule is Nc1ccc(CNC(=O)[C@H](N)[C@H](O)c2ccccc2)cn1. The van der Waals surface area contributed by atoms with Gasteiger partial charge in [-0.25, -0.2) is 4.98 Å². The summed E-state index contributed by atoms with van der Waals surface area (Å²) in [5.41, 5.74) is 12.7. The number of rotatable bonds is 5. The van der Waals surface area contributed by atoms with Crippen molar-refractivity contribution in [2.24, 2.45) is 5.73 Å². The molecule has 21 heavy (non-hydrogen) atoms. The number of nitrogens with one attached hydrogen (secondary N) is 1. The van der Waals surface area contributed by atoms with Crippen LogP contribution in [0.5, 0.6) is 0 Å². The highest BCUT2D eigenvalue weighted by molar-refractivity contribution is 5.82. The zero-order valence-electron chi connectivity index (χ0n) is 11.4. The van der Waals surface area contributed by atoms with Gasteiger partial charge < -0.3 is 21.9 Å². The van der Waals surface area contributed by atoms with Crippen molar-refractivity contribution in [1.82, 2.24) is 10.3 Å². The Hall–Kier alpha value is -2.44. The number of hydrogen-bond acceptors (Lipinski definition) is 5. The Labute approximate surface area is 122 Å². The maximum atomic E-state index is 12.0. The van der Waals surface area contributed by atoms with Crippen molar-refractivity contribution < 1.29 is 9.90 Å². The number of aromatic nitrogens is 1. The number of pyridine rings is 1. The molecule has 6 nitrogen and oxygen atoms in total. The highest BCUT2D eigenvalue weighted by Gasteiger charge is 2.23. The van der Waals surface area contributed by atoms with E-state index in [2.05, 4.69) is 10.3 Å². The van der Waals surface area contributed by atoms with E-state index < -0.39 is 18.1 Å². The molecule has 6 heteroatoms. The van der Waals surface area contributed by atoms with Gasteiger partial charge in [-0.1, -0.05) is 36.4 Å². The number of nitrogen functional groups attached to an aromatic ring is 1. The van der Waals surface area contributed by atoms with Crippen LogP contribution < -0.4 is 16.8 Å². The van der Waals surface area contributed by atoms with Crippen molar-refractivity contribution in [2.75, 3.05) is 5.73 Å². The zero-order chi connectivity index (χ0) is 15.2. The molecule has 0 aliphatic heterocycles. The van der Waals surface area contributed by atoms with E-state index in [-0.39, 0.29) is 6.54 Å². The number of aliphatic hydroxyl groups is 1. The number of nitrogens with zero attached hydrogens (tertiary/aromatic N) is 1. The van der Waals surface area contributed by atoms with Gasteiger partial charge >= 0.3 is 0 Å². The van der Waals surface area contributed by atoms with Crippen molar-refractivity contribution in [3.05, 3.63) is 59.8 Å². The average molecular weight is 286 g/mol. The van der Waals surface area contributed by atoms with Crippen LogP contribution in [-0.4, -0.2) is 22.0 Å². The second kappa shape index (κ2) is 6.83. The van der Waals surface area contributed by atoms with Crippen molar-refractivity contribution in [3.63, 3.8) is 0 Å². The van der Waals surface area contributed by atoms with Gasteiger partial charge in [0.05, 0.1) is 0 Å². The largest absolute Gasteiger partial charge is 0.386 e. The summed E-state index contributed by atoms with van der Waals surface area (Å²) in [6.45, 7) is 0.279. The van der Waals surface area contributed by atoms with E-state index >= 15 is 0 Å². The second-order valence-electron chi connectivity index (χ2n) is 4.69. The summed E-state index contributed by atoms with van der Waals surface area (Å²) in [5, 5.41) is 12.7. The van der Waals surface area contributed by atoms with Gasteiger partial charge in [-0.2, -0.15) is 0 Å². The van der Waals surface area contributed by atoms with E-state index in [0.717, 1.165) is 5.56 Å². The summed E-state index contributed by atoms with van der Waals surface area (Å²) in [7, 11) is 0. The smallest absolute Gasteiger partial charge is 0.240 e. The van der Waals surface area contributed by atoms with Crippen molar-refractivity contribution in [3.8, 4) is 0 Å². The van der Waals surface area contributed by atoms with Crippen molar-refractivity contribution >= 4 is 11.7 Å². The van der Waals surface area contributed by atoms with Crippen LogP contribution in [0, 0.1) is 0 Å². The first-order valence-electron chi connectivity index (χ1n) is 6.54. The number of aliphatic hydroxyl groups excluding tert-OH is 1. The van der Waals surface area contributed by atoms with Gasteiger partial charge in [0.1, 0.15) is 18.0 Å². The Kier molecular flexibility index (Phi) is 4.86. The first-order valence-corrected chi connectivity index (χ1v) is 6.54. The molecule has 1 amide bonds. The van der Waals surface area contributed by atoms with Gasteiger partial charge in [-0.05, 0) is 17.2 Å². The Bertz CT molecular complexity index is 586. The normalized spacial score (nSPS) is 13.4. The van der Waals surface area contributed by atoms with Gasteiger partial charge in [-0.3, -0.25) is 4.79 Å². The zero-order valence-corrected chi connectivity index (χ0v) is 11.4. The van der Waals surface area contributed by atoms with E-state index in [1.54, 1.807) is 42.6 Å². The lowest BCUT2D eigenvalue weighted by Gasteiger charge is -2.18. The first-order chi connectivity index (χ1) is 10.1. The molecule has 0 fully saturated rings. The fourth-order valence-electron chi connectivity index (χ4n) is 1.85. The topological polar surface area (TPSA) is 114 Å². The molecule has 0 saturated carbocycles. The van der Waals surface area contributed by atoms with Gasteiger partial charge in [0.15, 0.2) is 0 Å². The van der Waals surface area contributed by atoms with Crippen LogP contribution in [0.1, 0.15) is 17.2 Å². The monoisotopic (exact) mass is 286 g/mol. The second-order valence-corrected chi connectivity index (χ2v) is 4.69. The van der Waals surface area contributed by atoms with E-state index in [0.29, 0.717) is 11.4 Å². The van der Waals surface area contributed by atoms with Crippen LogP contribution >= 0.6 is 0 Å². The van der Waals surface area contributed by atoms with Gasteiger partial charge in [-0.15, -0.1) is 0 Å². The van der Waals surface area contributed by atoms with E-state index in [1.165, 1.54) is 0 Å². The Morgan fingerprint density at radius 3 is 2.57 bits per heavy atom. The molecule has 1 aromatic heterocycles. The Morgan fingerprint density at radius 1 is 1.24 bits per heavy atom. The predicted octanol–water partition coefficient (Wildman–Crippen LogP) is 0.341. The lowest BCUT2D eigenvalue weighted by molar-refractivity contribution is -0.125. The van der Waals surface area contributed by atoms with Gasteiger partial charge in [0.2, 0.25) is 5.91 Å². The molecule has 0 spiro atoms. The minimum Gasteiger partial charge on any atom is -0.386 e. The van der Waals surface area contributed by atoms with Crippen LogP contribution in [0.25, 0.3) is 0 Å². The van der Waals surface area contributed by atoms with Gasteiger partial charge in [0, 0.05) is 12.7 Å². The average Bonchev–Trinajstić information content (AvgIpc) is 2.53. The minimum atomic E-state index is -1.05. The van der Waals surface area contributed by atoms with Crippen LogP contribution in [0.4, 0.5) is 5.82 Å². The molecule has 0 aliphatic carbocycles. The maximum absolute atomic E-state index is 12.0. The molecule has 1 heterocycles. The summed E-state index contributed by atoms with van der Waals surface area (Å²) >= 11 is 0. The standard InChI is InChI=1S/C15H18N4O2/c16-12-7-6-10(8-18-12)9-19-15(21)13(17)14(20)11-4-2-1-3-5-11/h1-8,13-14,20H,9,17H2,(H2,16,18)(H,19,21)/t13-,14-/m1/s1. The highest BCUT2D eigenvalue weighted by Crippen LogP contribution is 2.15.